The van der Waals surface area contributed by atoms with Crippen molar-refractivity contribution in [3.05, 3.63) is 65.4 Å². The predicted octanol–water partition coefficient (Wildman–Crippen LogP) is 4.93. The van der Waals surface area contributed by atoms with Gasteiger partial charge in [0.05, 0.1) is 6.04 Å². The number of aryl methyl sites for hydroxylation is 1. The number of hydrogen-bond donors (Lipinski definition) is 2. The number of benzene rings is 2. The summed E-state index contributed by atoms with van der Waals surface area (Å²) in [4.78, 5) is 3.12. The predicted molar refractivity (Wildman–Crippen MR) is 81.4 cm³/mol. The van der Waals surface area contributed by atoms with Crippen molar-refractivity contribution >= 4 is 16.6 Å². The molecule has 2 N–H and O–H groups in total. The lowest BCUT2D eigenvalue weighted by Crippen LogP contribution is -2.09. The van der Waals surface area contributed by atoms with Crippen LogP contribution in [0.25, 0.3) is 10.9 Å². The Kier molecular flexibility index (Phi) is 3.37. The zero-order chi connectivity index (χ0) is 15.0. The van der Waals surface area contributed by atoms with E-state index in [1.807, 2.05) is 37.4 Å². The van der Waals surface area contributed by atoms with Gasteiger partial charge in [0.15, 0.2) is 0 Å². The van der Waals surface area contributed by atoms with E-state index >= 15 is 0 Å². The summed E-state index contributed by atoms with van der Waals surface area (Å²) in [6.07, 6.45) is 1.87. The highest BCUT2D eigenvalue weighted by atomic mass is 19.1. The van der Waals surface area contributed by atoms with Crippen LogP contribution in [0.1, 0.15) is 24.1 Å². The highest BCUT2D eigenvalue weighted by molar-refractivity contribution is 5.83. The van der Waals surface area contributed by atoms with Crippen LogP contribution in [0.15, 0.2) is 42.6 Å². The number of aromatic nitrogens is 1. The molecule has 4 heteroatoms. The summed E-state index contributed by atoms with van der Waals surface area (Å²) in [7, 11) is 0. The molecule has 2 aromatic carbocycles. The molecule has 0 aliphatic carbocycles. The molecule has 0 saturated heterocycles. The first-order chi connectivity index (χ1) is 10.0. The van der Waals surface area contributed by atoms with Crippen molar-refractivity contribution in [2.24, 2.45) is 0 Å². The van der Waals surface area contributed by atoms with Gasteiger partial charge in [0.1, 0.15) is 11.6 Å². The first-order valence-electron chi connectivity index (χ1n) is 6.84. The first-order valence-corrected chi connectivity index (χ1v) is 6.84. The summed E-state index contributed by atoms with van der Waals surface area (Å²) in [5.41, 5.74) is 2.56. The van der Waals surface area contributed by atoms with Crippen LogP contribution >= 0.6 is 0 Å². The van der Waals surface area contributed by atoms with Gasteiger partial charge in [0, 0.05) is 28.4 Å². The summed E-state index contributed by atoms with van der Waals surface area (Å²) in [5, 5.41) is 4.28. The van der Waals surface area contributed by atoms with Crippen LogP contribution in [0.3, 0.4) is 0 Å². The first kappa shape index (κ1) is 13.6. The molecule has 0 aliphatic heterocycles. The van der Waals surface area contributed by atoms with E-state index in [2.05, 4.69) is 10.3 Å². The average molecular weight is 286 g/mol. The normalized spacial score (nSPS) is 12.6. The lowest BCUT2D eigenvalue weighted by Gasteiger charge is -2.17. The Morgan fingerprint density at radius 2 is 1.86 bits per heavy atom. The third kappa shape index (κ3) is 2.61. The van der Waals surface area contributed by atoms with Crippen LogP contribution in [0.4, 0.5) is 14.5 Å². The molecule has 3 aromatic rings. The summed E-state index contributed by atoms with van der Waals surface area (Å²) in [6, 6.07) is 9.99. The Labute approximate surface area is 121 Å². The Morgan fingerprint density at radius 3 is 2.67 bits per heavy atom. The van der Waals surface area contributed by atoms with E-state index in [0.29, 0.717) is 11.1 Å². The molecule has 1 atom stereocenters. The van der Waals surface area contributed by atoms with Crippen LogP contribution in [0, 0.1) is 18.6 Å². The van der Waals surface area contributed by atoms with Crippen LogP contribution in [-0.4, -0.2) is 4.98 Å². The number of hydrogen-bond acceptors (Lipinski definition) is 1. The number of H-pyrrole nitrogens is 1. The number of fused-ring (bicyclic) bond motifs is 1. The highest BCUT2D eigenvalue weighted by Gasteiger charge is 2.14. The molecule has 1 unspecified atom stereocenters. The Bertz CT molecular complexity index is 793. The molecule has 0 aliphatic rings. The van der Waals surface area contributed by atoms with Gasteiger partial charge in [-0.1, -0.05) is 0 Å². The van der Waals surface area contributed by atoms with E-state index in [4.69, 9.17) is 0 Å². The van der Waals surface area contributed by atoms with Gasteiger partial charge < -0.3 is 10.3 Å². The van der Waals surface area contributed by atoms with Crippen molar-refractivity contribution in [3.8, 4) is 0 Å². The number of nitrogens with one attached hydrogen (secondary N) is 2. The Hall–Kier alpha value is -2.36. The van der Waals surface area contributed by atoms with Crippen LogP contribution < -0.4 is 5.32 Å². The Morgan fingerprint density at radius 1 is 1.05 bits per heavy atom. The van der Waals surface area contributed by atoms with Crippen LogP contribution in [0.2, 0.25) is 0 Å². The van der Waals surface area contributed by atoms with Crippen molar-refractivity contribution in [2.45, 2.75) is 19.9 Å². The van der Waals surface area contributed by atoms with Gasteiger partial charge in [-0.3, -0.25) is 0 Å². The molecule has 1 heterocycles. The molecular formula is C17H16F2N2. The van der Waals surface area contributed by atoms with E-state index in [9.17, 15) is 8.78 Å². The smallest absolute Gasteiger partial charge is 0.128 e. The average Bonchev–Trinajstić information content (AvgIpc) is 2.90. The minimum absolute atomic E-state index is 0.317. The quantitative estimate of drug-likeness (QED) is 0.702. The topological polar surface area (TPSA) is 27.8 Å². The maximum atomic E-state index is 14.0. The standard InChI is InChI=1S/C17H16F2N2/c1-10-7-16(19)14(9-15(10)18)11(2)21-13-3-4-17-12(8-13)5-6-20-17/h3-9,11,20-21H,1-2H3. The van der Waals surface area contributed by atoms with E-state index in [1.165, 1.54) is 12.1 Å². The SMILES string of the molecule is Cc1cc(F)c(C(C)Nc2ccc3[nH]ccc3c2)cc1F. The zero-order valence-electron chi connectivity index (χ0n) is 11.9. The summed E-state index contributed by atoms with van der Waals surface area (Å²) >= 11 is 0. The molecule has 0 bridgehead atoms. The van der Waals surface area contributed by atoms with Crippen molar-refractivity contribution in [3.63, 3.8) is 0 Å². The van der Waals surface area contributed by atoms with E-state index in [1.54, 1.807) is 6.92 Å². The van der Waals surface area contributed by atoms with Crippen molar-refractivity contribution in [1.82, 2.24) is 4.98 Å². The molecule has 108 valence electrons. The maximum Gasteiger partial charge on any atom is 0.128 e. The monoisotopic (exact) mass is 286 g/mol. The molecule has 0 amide bonds. The second-order valence-electron chi connectivity index (χ2n) is 5.27. The number of rotatable bonds is 3. The molecule has 0 saturated carbocycles. The third-order valence-electron chi connectivity index (χ3n) is 3.68. The van der Waals surface area contributed by atoms with Crippen molar-refractivity contribution in [2.75, 3.05) is 5.32 Å². The molecule has 3 rings (SSSR count). The van der Waals surface area contributed by atoms with Gasteiger partial charge in [0.2, 0.25) is 0 Å². The van der Waals surface area contributed by atoms with Gasteiger partial charge >= 0.3 is 0 Å². The molecule has 2 nitrogen and oxygen atoms in total. The lowest BCUT2D eigenvalue weighted by molar-refractivity contribution is 0.571. The Balaban J connectivity index is 1.88. The lowest BCUT2D eigenvalue weighted by atomic mass is 10.0. The third-order valence-corrected chi connectivity index (χ3v) is 3.68. The summed E-state index contributed by atoms with van der Waals surface area (Å²) in [6.45, 7) is 3.37. The second-order valence-corrected chi connectivity index (χ2v) is 5.27. The molecule has 0 fully saturated rings. The largest absolute Gasteiger partial charge is 0.378 e. The summed E-state index contributed by atoms with van der Waals surface area (Å²) < 4.78 is 27.6. The number of halogens is 2. The fourth-order valence-electron chi connectivity index (χ4n) is 2.46. The van der Waals surface area contributed by atoms with E-state index < -0.39 is 5.82 Å². The van der Waals surface area contributed by atoms with Gasteiger partial charge in [-0.2, -0.15) is 0 Å². The minimum Gasteiger partial charge on any atom is -0.378 e. The maximum absolute atomic E-state index is 14.0. The number of anilines is 1. The molecule has 21 heavy (non-hydrogen) atoms. The molecular weight excluding hydrogens is 270 g/mol. The van der Waals surface area contributed by atoms with Gasteiger partial charge in [-0.05, 0) is 55.8 Å². The van der Waals surface area contributed by atoms with Gasteiger partial charge in [-0.25, -0.2) is 8.78 Å². The van der Waals surface area contributed by atoms with Crippen LogP contribution in [0.5, 0.6) is 0 Å². The highest BCUT2D eigenvalue weighted by Crippen LogP contribution is 2.26. The molecule has 1 aromatic heterocycles. The fraction of sp³-hybridized carbons (Fsp3) is 0.176. The van der Waals surface area contributed by atoms with E-state index in [-0.39, 0.29) is 11.9 Å². The van der Waals surface area contributed by atoms with Gasteiger partial charge in [-0.15, -0.1) is 0 Å². The number of aromatic amines is 1. The fourth-order valence-corrected chi connectivity index (χ4v) is 2.46. The zero-order valence-corrected chi connectivity index (χ0v) is 11.9. The van der Waals surface area contributed by atoms with Crippen molar-refractivity contribution < 1.29 is 8.78 Å². The molecule has 0 radical (unpaired) electrons. The van der Waals surface area contributed by atoms with E-state index in [0.717, 1.165) is 16.6 Å². The second kappa shape index (κ2) is 5.20. The molecule has 0 spiro atoms. The van der Waals surface area contributed by atoms with Gasteiger partial charge in [0.25, 0.3) is 0 Å². The van der Waals surface area contributed by atoms with Crippen molar-refractivity contribution in [1.29, 1.82) is 0 Å². The van der Waals surface area contributed by atoms with Crippen LogP contribution in [-0.2, 0) is 0 Å². The summed E-state index contributed by atoms with van der Waals surface area (Å²) in [5.74, 6) is -0.780. The minimum atomic E-state index is -0.392.